The molecule has 0 radical (unpaired) electrons. The number of nitriles is 1. The molecule has 1 fully saturated rings. The second-order valence-electron chi connectivity index (χ2n) is 6.77. The number of hydrogen-bond donors (Lipinski definition) is 0. The van der Waals surface area contributed by atoms with Gasteiger partial charge in [-0.25, -0.2) is 8.42 Å². The molecule has 1 aliphatic heterocycles. The van der Waals surface area contributed by atoms with Gasteiger partial charge < -0.3 is 14.4 Å². The lowest BCUT2D eigenvalue weighted by Gasteiger charge is -2.33. The van der Waals surface area contributed by atoms with Crippen LogP contribution in [0.2, 0.25) is 4.34 Å². The Morgan fingerprint density at radius 2 is 1.94 bits per heavy atom. The van der Waals surface area contributed by atoms with Gasteiger partial charge in [0.1, 0.15) is 4.21 Å². The fraction of sp³-hybridized carbons (Fsp3) is 0.400. The fourth-order valence-corrected chi connectivity index (χ4v) is 6.22. The molecule has 0 spiro atoms. The van der Waals surface area contributed by atoms with Crippen LogP contribution in [0, 0.1) is 11.3 Å². The molecule has 1 saturated heterocycles. The number of nitrogens with zero attached hydrogens (tertiary/aromatic N) is 3. The molecule has 166 valence electrons. The van der Waals surface area contributed by atoms with Gasteiger partial charge in [0.05, 0.1) is 29.7 Å². The van der Waals surface area contributed by atoms with E-state index in [4.69, 9.17) is 26.3 Å². The number of thiophene rings is 1. The minimum atomic E-state index is -3.58. The van der Waals surface area contributed by atoms with E-state index in [9.17, 15) is 13.2 Å². The third kappa shape index (κ3) is 5.68. The Labute approximate surface area is 190 Å². The normalized spacial score (nSPS) is 14.8. The predicted molar refractivity (Wildman–Crippen MR) is 117 cm³/mol. The van der Waals surface area contributed by atoms with Crippen molar-refractivity contribution in [3.05, 3.63) is 40.2 Å². The molecule has 0 bridgehead atoms. The summed E-state index contributed by atoms with van der Waals surface area (Å²) in [6.07, 6.45) is 0.806. The van der Waals surface area contributed by atoms with Crippen LogP contribution in [0.5, 0.6) is 11.5 Å². The highest BCUT2D eigenvalue weighted by Gasteiger charge is 2.30. The maximum Gasteiger partial charge on any atom is 0.252 e. The van der Waals surface area contributed by atoms with Crippen molar-refractivity contribution < 1.29 is 22.7 Å². The summed E-state index contributed by atoms with van der Waals surface area (Å²) in [6, 6.07) is 10.0. The van der Waals surface area contributed by atoms with Crippen LogP contribution < -0.4 is 9.47 Å². The Bertz CT molecular complexity index is 1070. The topological polar surface area (TPSA) is 99.9 Å². The predicted octanol–water partition coefficient (Wildman–Crippen LogP) is 2.97. The highest BCUT2D eigenvalue weighted by Crippen LogP contribution is 2.29. The summed E-state index contributed by atoms with van der Waals surface area (Å²) in [7, 11) is -2.08. The van der Waals surface area contributed by atoms with Gasteiger partial charge in [-0.1, -0.05) is 11.6 Å². The molecule has 2 heterocycles. The van der Waals surface area contributed by atoms with Gasteiger partial charge in [0.2, 0.25) is 5.91 Å². The summed E-state index contributed by atoms with van der Waals surface area (Å²) in [6.45, 7) is 1.52. The number of hydrogen-bond acceptors (Lipinski definition) is 7. The van der Waals surface area contributed by atoms with Crippen LogP contribution in [0.25, 0.3) is 0 Å². The quantitative estimate of drug-likeness (QED) is 0.535. The molecule has 0 saturated carbocycles. The summed E-state index contributed by atoms with van der Waals surface area (Å²) in [5.74, 6) is 0.947. The standard InChI is InChI=1S/C20H22ClN3O5S2/c1-28-17-13-15(14-22)4-5-16(17)29-12-2-3-19(25)23-8-10-24(11-9-23)31(26,27)20-7-6-18(21)30-20/h4-7,13H,2-3,8-12H2,1H3. The van der Waals surface area contributed by atoms with E-state index in [0.29, 0.717) is 53.9 Å². The van der Waals surface area contributed by atoms with Crippen LogP contribution in [0.15, 0.2) is 34.5 Å². The number of methoxy groups -OCH3 is 1. The van der Waals surface area contributed by atoms with E-state index in [2.05, 4.69) is 0 Å². The lowest BCUT2D eigenvalue weighted by atomic mass is 10.2. The molecular formula is C20H22ClN3O5S2. The smallest absolute Gasteiger partial charge is 0.252 e. The van der Waals surface area contributed by atoms with Crippen LogP contribution in [0.1, 0.15) is 18.4 Å². The van der Waals surface area contributed by atoms with E-state index in [0.717, 1.165) is 11.3 Å². The minimum Gasteiger partial charge on any atom is -0.493 e. The summed E-state index contributed by atoms with van der Waals surface area (Å²) in [5.41, 5.74) is 0.475. The number of amides is 1. The molecule has 3 rings (SSSR count). The van der Waals surface area contributed by atoms with Crippen LogP contribution in [-0.2, 0) is 14.8 Å². The van der Waals surface area contributed by atoms with Crippen LogP contribution in [0.4, 0.5) is 0 Å². The van der Waals surface area contributed by atoms with Gasteiger partial charge in [0, 0.05) is 38.7 Å². The van der Waals surface area contributed by atoms with E-state index >= 15 is 0 Å². The zero-order valence-corrected chi connectivity index (χ0v) is 19.3. The second-order valence-corrected chi connectivity index (χ2v) is 10.7. The Balaban J connectivity index is 1.44. The molecule has 0 unspecified atom stereocenters. The molecule has 1 aromatic heterocycles. The van der Waals surface area contributed by atoms with Crippen LogP contribution >= 0.6 is 22.9 Å². The lowest BCUT2D eigenvalue weighted by molar-refractivity contribution is -0.132. The number of halogens is 1. The zero-order chi connectivity index (χ0) is 22.4. The largest absolute Gasteiger partial charge is 0.493 e. The first-order chi connectivity index (χ1) is 14.8. The highest BCUT2D eigenvalue weighted by atomic mass is 35.5. The fourth-order valence-electron chi connectivity index (χ4n) is 3.16. The van der Waals surface area contributed by atoms with Crippen molar-refractivity contribution in [2.24, 2.45) is 0 Å². The van der Waals surface area contributed by atoms with Crippen molar-refractivity contribution in [2.45, 2.75) is 17.1 Å². The van der Waals surface area contributed by atoms with Crippen molar-refractivity contribution in [3.63, 3.8) is 0 Å². The van der Waals surface area contributed by atoms with Crippen molar-refractivity contribution in [3.8, 4) is 17.6 Å². The molecule has 1 aliphatic rings. The minimum absolute atomic E-state index is 0.0355. The van der Waals surface area contributed by atoms with E-state index in [1.807, 2.05) is 6.07 Å². The number of carbonyl (C=O) groups is 1. The Hall–Kier alpha value is -2.32. The first-order valence-electron chi connectivity index (χ1n) is 9.59. The van der Waals surface area contributed by atoms with Gasteiger partial charge in [-0.2, -0.15) is 9.57 Å². The van der Waals surface area contributed by atoms with Crippen LogP contribution in [-0.4, -0.2) is 63.4 Å². The molecule has 0 atom stereocenters. The SMILES string of the molecule is COc1cc(C#N)ccc1OCCCC(=O)N1CCN(S(=O)(=O)c2ccc(Cl)s2)CC1. The average molecular weight is 484 g/mol. The molecular weight excluding hydrogens is 462 g/mol. The van der Waals surface area contributed by atoms with Gasteiger partial charge >= 0.3 is 0 Å². The third-order valence-electron chi connectivity index (χ3n) is 4.82. The molecule has 1 amide bonds. The van der Waals surface area contributed by atoms with Crippen molar-refractivity contribution in [1.29, 1.82) is 5.26 Å². The molecule has 11 heteroatoms. The van der Waals surface area contributed by atoms with Crippen LogP contribution in [0.3, 0.4) is 0 Å². The summed E-state index contributed by atoms with van der Waals surface area (Å²) < 4.78 is 38.2. The Kier molecular flexibility index (Phi) is 7.78. The van der Waals surface area contributed by atoms with E-state index in [1.165, 1.54) is 17.5 Å². The number of benzene rings is 1. The van der Waals surface area contributed by atoms with E-state index < -0.39 is 10.0 Å². The first kappa shape index (κ1) is 23.3. The number of rotatable bonds is 8. The highest BCUT2D eigenvalue weighted by molar-refractivity contribution is 7.91. The molecule has 0 N–H and O–H groups in total. The second kappa shape index (κ2) is 10.3. The molecule has 31 heavy (non-hydrogen) atoms. The monoisotopic (exact) mass is 483 g/mol. The van der Waals surface area contributed by atoms with E-state index in [1.54, 1.807) is 29.2 Å². The zero-order valence-electron chi connectivity index (χ0n) is 16.9. The third-order valence-corrected chi connectivity index (χ3v) is 8.42. The Morgan fingerprint density at radius 1 is 1.19 bits per heavy atom. The average Bonchev–Trinajstić information content (AvgIpc) is 3.23. The summed E-state index contributed by atoms with van der Waals surface area (Å²) in [5, 5.41) is 8.94. The molecule has 2 aromatic rings. The first-order valence-corrected chi connectivity index (χ1v) is 12.2. The van der Waals surface area contributed by atoms with Crippen molar-refractivity contribution in [2.75, 3.05) is 39.9 Å². The maximum atomic E-state index is 12.6. The van der Waals surface area contributed by atoms with Crippen molar-refractivity contribution >= 4 is 38.9 Å². The number of ether oxygens (including phenoxy) is 2. The van der Waals surface area contributed by atoms with Gasteiger partial charge in [-0.3, -0.25) is 4.79 Å². The number of carbonyl (C=O) groups excluding carboxylic acids is 1. The maximum absolute atomic E-state index is 12.6. The number of piperazine rings is 1. The number of sulfonamides is 1. The van der Waals surface area contributed by atoms with Gasteiger partial charge in [-0.05, 0) is 30.7 Å². The van der Waals surface area contributed by atoms with Gasteiger partial charge in [0.25, 0.3) is 10.0 Å². The Morgan fingerprint density at radius 3 is 2.55 bits per heavy atom. The molecule has 1 aromatic carbocycles. The molecule has 8 nitrogen and oxygen atoms in total. The van der Waals surface area contributed by atoms with Gasteiger partial charge in [-0.15, -0.1) is 11.3 Å². The van der Waals surface area contributed by atoms with Gasteiger partial charge in [0.15, 0.2) is 11.5 Å². The molecule has 0 aliphatic carbocycles. The summed E-state index contributed by atoms with van der Waals surface area (Å²) >= 11 is 6.88. The van der Waals surface area contributed by atoms with E-state index in [-0.39, 0.29) is 23.2 Å². The lowest BCUT2D eigenvalue weighted by Crippen LogP contribution is -2.50. The summed E-state index contributed by atoms with van der Waals surface area (Å²) in [4.78, 5) is 14.1. The van der Waals surface area contributed by atoms with Crippen molar-refractivity contribution in [1.82, 2.24) is 9.21 Å².